The number of aliphatic hydroxyl groups is 1. The molecule has 0 atom stereocenters. The summed E-state index contributed by atoms with van der Waals surface area (Å²) in [6.07, 6.45) is -4.61. The van der Waals surface area contributed by atoms with E-state index in [1.807, 2.05) is 0 Å². The first-order valence-electron chi connectivity index (χ1n) is 6.19. The maximum atomic E-state index is 11.6. The number of hydrogen-bond donors (Lipinski definition) is 1. The fraction of sp³-hybridized carbons (Fsp3) is 1.00. The Morgan fingerprint density at radius 3 is 1.30 bits per heavy atom. The van der Waals surface area contributed by atoms with Gasteiger partial charge in [-0.05, 0) is 0 Å². The highest BCUT2D eigenvalue weighted by atomic mass is 19.4. The summed E-state index contributed by atoms with van der Waals surface area (Å²) in [6.45, 7) is 1.64. The molecule has 0 aromatic rings. The third-order valence-electron chi connectivity index (χ3n) is 1.85. The zero-order valence-corrected chi connectivity index (χ0v) is 11.2. The lowest BCUT2D eigenvalue weighted by atomic mass is 10.7. The van der Waals surface area contributed by atoms with Gasteiger partial charge < -0.3 is 24.1 Å². The van der Waals surface area contributed by atoms with Crippen molar-refractivity contribution in [3.63, 3.8) is 0 Å². The highest BCUT2D eigenvalue weighted by Gasteiger charge is 2.28. The Bertz CT molecular complexity index is 203. The minimum Gasteiger partial charge on any atom is -0.394 e. The number of alkyl halides is 3. The summed E-state index contributed by atoms with van der Waals surface area (Å²) in [7, 11) is 0. The van der Waals surface area contributed by atoms with Crippen molar-refractivity contribution < 1.29 is 42.0 Å². The van der Waals surface area contributed by atoms with Gasteiger partial charge in [-0.3, -0.25) is 4.74 Å². The first-order valence-corrected chi connectivity index (χ1v) is 6.19. The molecule has 122 valence electrons. The van der Waals surface area contributed by atoms with Crippen molar-refractivity contribution in [3.8, 4) is 0 Å². The molecule has 6 nitrogen and oxygen atoms in total. The zero-order chi connectivity index (χ0) is 15.1. The van der Waals surface area contributed by atoms with Gasteiger partial charge in [0.05, 0.1) is 66.1 Å². The fourth-order valence-corrected chi connectivity index (χ4v) is 1.04. The minimum absolute atomic E-state index is 0.0167. The van der Waals surface area contributed by atoms with E-state index < -0.39 is 13.0 Å². The molecule has 0 aliphatic carbocycles. The Kier molecular flexibility index (Phi) is 13.2. The van der Waals surface area contributed by atoms with E-state index in [0.717, 1.165) is 0 Å². The van der Waals surface area contributed by atoms with Gasteiger partial charge in [-0.25, -0.2) is 0 Å². The molecule has 0 aromatic carbocycles. The summed E-state index contributed by atoms with van der Waals surface area (Å²) in [5.74, 6) is 0. The topological polar surface area (TPSA) is 66.4 Å². The van der Waals surface area contributed by atoms with Crippen LogP contribution in [0.2, 0.25) is 0 Å². The van der Waals surface area contributed by atoms with Crippen LogP contribution in [0.25, 0.3) is 0 Å². The molecule has 0 aliphatic heterocycles. The van der Waals surface area contributed by atoms with Crippen molar-refractivity contribution in [2.75, 3.05) is 66.1 Å². The lowest BCUT2D eigenvalue weighted by Crippen LogP contribution is -2.18. The smallest absolute Gasteiger partial charge is 0.394 e. The minimum atomic E-state index is -4.61. The molecule has 0 bridgehead atoms. The first kappa shape index (κ1) is 19.6. The Hall–Kier alpha value is -0.450. The van der Waals surface area contributed by atoms with E-state index in [1.54, 1.807) is 0 Å². The summed E-state index contributed by atoms with van der Waals surface area (Å²) < 4.78 is 58.3. The van der Waals surface area contributed by atoms with Crippen LogP contribution in [0.5, 0.6) is 0 Å². The molecule has 0 heterocycles. The van der Waals surface area contributed by atoms with Crippen LogP contribution in [0.3, 0.4) is 0 Å². The summed E-state index contributed by atoms with van der Waals surface area (Å²) in [5, 5.41) is 8.42. The molecule has 0 aromatic heterocycles. The van der Waals surface area contributed by atoms with E-state index in [2.05, 4.69) is 4.74 Å². The second-order valence-corrected chi connectivity index (χ2v) is 3.47. The highest BCUT2D eigenvalue weighted by molar-refractivity contribution is 4.36. The standard InChI is InChI=1S/C11H21F3O6/c12-11(13,14)20-10-9-19-8-7-18-6-5-17-4-3-16-2-1-15/h15H,1-10H2. The predicted octanol–water partition coefficient (Wildman–Crippen LogP) is 0.581. The van der Waals surface area contributed by atoms with Gasteiger partial charge in [0, 0.05) is 0 Å². The molecule has 0 saturated heterocycles. The number of aliphatic hydroxyl groups excluding tert-OH is 1. The molecule has 1 N–H and O–H groups in total. The lowest BCUT2D eigenvalue weighted by molar-refractivity contribution is -0.327. The average molecular weight is 306 g/mol. The third-order valence-corrected chi connectivity index (χ3v) is 1.85. The van der Waals surface area contributed by atoms with Gasteiger partial charge in [0.15, 0.2) is 0 Å². The van der Waals surface area contributed by atoms with Crippen LogP contribution in [0.4, 0.5) is 13.2 Å². The first-order chi connectivity index (χ1) is 9.56. The zero-order valence-electron chi connectivity index (χ0n) is 11.2. The van der Waals surface area contributed by atoms with Crippen LogP contribution in [-0.2, 0) is 23.7 Å². The van der Waals surface area contributed by atoms with E-state index in [0.29, 0.717) is 26.4 Å². The van der Waals surface area contributed by atoms with E-state index in [4.69, 9.17) is 24.1 Å². The molecule has 0 fully saturated rings. The molecule has 0 aliphatic rings. The van der Waals surface area contributed by atoms with Gasteiger partial charge in [-0.15, -0.1) is 13.2 Å². The Balaban J connectivity index is 2.99. The van der Waals surface area contributed by atoms with Crippen LogP contribution in [0.15, 0.2) is 0 Å². The molecule has 0 amide bonds. The monoisotopic (exact) mass is 306 g/mol. The summed E-state index contributed by atoms with van der Waals surface area (Å²) in [6, 6.07) is 0. The molecular formula is C11H21F3O6. The van der Waals surface area contributed by atoms with E-state index in [1.165, 1.54) is 0 Å². The molecule has 0 spiro atoms. The summed E-state index contributed by atoms with van der Waals surface area (Å²) in [5.41, 5.74) is 0. The maximum absolute atomic E-state index is 11.6. The second kappa shape index (κ2) is 13.5. The maximum Gasteiger partial charge on any atom is 0.522 e. The van der Waals surface area contributed by atoms with Gasteiger partial charge in [-0.1, -0.05) is 0 Å². The van der Waals surface area contributed by atoms with Crippen molar-refractivity contribution in [1.82, 2.24) is 0 Å². The van der Waals surface area contributed by atoms with E-state index in [9.17, 15) is 13.2 Å². The van der Waals surface area contributed by atoms with Gasteiger partial charge in [-0.2, -0.15) is 0 Å². The second-order valence-electron chi connectivity index (χ2n) is 3.47. The summed E-state index contributed by atoms with van der Waals surface area (Å²) in [4.78, 5) is 0. The van der Waals surface area contributed by atoms with Crippen molar-refractivity contribution in [1.29, 1.82) is 0 Å². The molecule has 0 unspecified atom stereocenters. The molecule has 20 heavy (non-hydrogen) atoms. The lowest BCUT2D eigenvalue weighted by Gasteiger charge is -2.08. The quantitative estimate of drug-likeness (QED) is 0.474. The van der Waals surface area contributed by atoms with Gasteiger partial charge in [0.2, 0.25) is 0 Å². The molecule has 9 heteroatoms. The SMILES string of the molecule is OCCOCCOCCOCCOCCOC(F)(F)F. The van der Waals surface area contributed by atoms with Crippen molar-refractivity contribution in [2.45, 2.75) is 6.36 Å². The Morgan fingerprint density at radius 2 is 0.950 bits per heavy atom. The molecule has 0 radical (unpaired) electrons. The number of ether oxygens (including phenoxy) is 5. The van der Waals surface area contributed by atoms with Crippen molar-refractivity contribution >= 4 is 0 Å². The molecular weight excluding hydrogens is 285 g/mol. The van der Waals surface area contributed by atoms with Crippen LogP contribution in [-0.4, -0.2) is 77.5 Å². The van der Waals surface area contributed by atoms with Gasteiger partial charge in [0.1, 0.15) is 0 Å². The predicted molar refractivity (Wildman–Crippen MR) is 62.4 cm³/mol. The van der Waals surface area contributed by atoms with E-state index in [-0.39, 0.29) is 33.0 Å². The van der Waals surface area contributed by atoms with Gasteiger partial charge >= 0.3 is 6.36 Å². The number of hydrogen-bond acceptors (Lipinski definition) is 6. The van der Waals surface area contributed by atoms with Gasteiger partial charge in [0.25, 0.3) is 0 Å². The third kappa shape index (κ3) is 17.6. The summed E-state index contributed by atoms with van der Waals surface area (Å²) >= 11 is 0. The van der Waals surface area contributed by atoms with Crippen molar-refractivity contribution in [2.24, 2.45) is 0 Å². The normalized spacial score (nSPS) is 12.0. The highest BCUT2D eigenvalue weighted by Crippen LogP contribution is 2.15. The largest absolute Gasteiger partial charge is 0.522 e. The fourth-order valence-electron chi connectivity index (χ4n) is 1.04. The Labute approximate surface area is 115 Å². The van der Waals surface area contributed by atoms with Crippen LogP contribution >= 0.6 is 0 Å². The number of halogens is 3. The van der Waals surface area contributed by atoms with Crippen LogP contribution in [0.1, 0.15) is 0 Å². The average Bonchev–Trinajstić information content (AvgIpc) is 2.38. The number of rotatable bonds is 14. The molecule has 0 rings (SSSR count). The van der Waals surface area contributed by atoms with E-state index >= 15 is 0 Å². The van der Waals surface area contributed by atoms with Crippen LogP contribution in [0, 0.1) is 0 Å². The molecule has 0 saturated carbocycles. The Morgan fingerprint density at radius 1 is 0.600 bits per heavy atom. The van der Waals surface area contributed by atoms with Crippen molar-refractivity contribution in [3.05, 3.63) is 0 Å². The van der Waals surface area contributed by atoms with Crippen LogP contribution < -0.4 is 0 Å².